The van der Waals surface area contributed by atoms with Crippen LogP contribution in [-0.4, -0.2) is 72.9 Å². The van der Waals surface area contributed by atoms with E-state index in [9.17, 15) is 19.2 Å². The number of imide groups is 1. The summed E-state index contributed by atoms with van der Waals surface area (Å²) in [6.45, 7) is 3.65. The number of rotatable bonds is 6. The summed E-state index contributed by atoms with van der Waals surface area (Å²) in [6, 6.07) is 5.13. The molecule has 144 valence electrons. The van der Waals surface area contributed by atoms with E-state index in [2.05, 4.69) is 0 Å². The molecule has 27 heavy (non-hydrogen) atoms. The molecule has 1 saturated heterocycles. The molecule has 0 saturated carbocycles. The molecule has 8 nitrogen and oxygen atoms in total. The molecule has 0 spiro atoms. The van der Waals surface area contributed by atoms with Crippen molar-refractivity contribution in [1.82, 2.24) is 9.80 Å². The van der Waals surface area contributed by atoms with Crippen molar-refractivity contribution < 1.29 is 28.7 Å². The third kappa shape index (κ3) is 4.33. The molecular formula is C19H22N2O6. The zero-order valence-corrected chi connectivity index (χ0v) is 15.2. The minimum absolute atomic E-state index is 0.0306. The van der Waals surface area contributed by atoms with Gasteiger partial charge in [-0.15, -0.1) is 0 Å². The summed E-state index contributed by atoms with van der Waals surface area (Å²) in [5, 5.41) is 0. The van der Waals surface area contributed by atoms with Crippen molar-refractivity contribution in [2.24, 2.45) is 0 Å². The molecule has 1 fully saturated rings. The van der Waals surface area contributed by atoms with Crippen molar-refractivity contribution >= 4 is 23.7 Å². The van der Waals surface area contributed by atoms with Gasteiger partial charge in [0.25, 0.3) is 17.7 Å². The van der Waals surface area contributed by atoms with Crippen LogP contribution >= 0.6 is 0 Å². The lowest BCUT2D eigenvalue weighted by molar-refractivity contribution is -0.153. The molecule has 1 aromatic carbocycles. The van der Waals surface area contributed by atoms with Crippen LogP contribution in [-0.2, 0) is 19.1 Å². The second kappa shape index (κ2) is 8.30. The van der Waals surface area contributed by atoms with Gasteiger partial charge >= 0.3 is 5.97 Å². The van der Waals surface area contributed by atoms with E-state index < -0.39 is 5.97 Å². The van der Waals surface area contributed by atoms with E-state index in [1.54, 1.807) is 23.1 Å². The fraction of sp³-hybridized carbons (Fsp3) is 0.474. The highest BCUT2D eigenvalue weighted by atomic mass is 16.5. The first-order valence-electron chi connectivity index (χ1n) is 8.95. The molecule has 3 amide bonds. The van der Waals surface area contributed by atoms with Crippen molar-refractivity contribution in [2.45, 2.75) is 19.8 Å². The summed E-state index contributed by atoms with van der Waals surface area (Å²) in [5.74, 6) is -1.45. The first-order chi connectivity index (χ1) is 13.0. The number of morpholine rings is 1. The van der Waals surface area contributed by atoms with Crippen molar-refractivity contribution in [1.29, 1.82) is 0 Å². The molecule has 3 rings (SSSR count). The van der Waals surface area contributed by atoms with E-state index in [-0.39, 0.29) is 43.7 Å². The molecule has 0 aliphatic carbocycles. The Labute approximate surface area is 157 Å². The Morgan fingerprint density at radius 1 is 1.11 bits per heavy atom. The van der Waals surface area contributed by atoms with Gasteiger partial charge in [-0.25, -0.2) is 0 Å². The Morgan fingerprint density at radius 2 is 1.81 bits per heavy atom. The molecule has 1 aromatic rings. The highest BCUT2D eigenvalue weighted by Gasteiger charge is 2.35. The third-order valence-corrected chi connectivity index (χ3v) is 4.61. The standard InChI is InChI=1S/C19H22N2O6/c1-13-4-5-14-15(11-13)19(25)21(18(14)24)6-2-3-17(23)27-12-16(22)20-7-9-26-10-8-20/h4-5,11H,2-3,6-10,12H2,1H3. The third-order valence-electron chi connectivity index (χ3n) is 4.61. The van der Waals surface area contributed by atoms with Crippen LogP contribution in [0.2, 0.25) is 0 Å². The number of esters is 1. The number of benzene rings is 1. The number of hydrogen-bond donors (Lipinski definition) is 0. The second-order valence-electron chi connectivity index (χ2n) is 6.57. The monoisotopic (exact) mass is 374 g/mol. The molecule has 0 unspecified atom stereocenters. The van der Waals surface area contributed by atoms with Crippen LogP contribution < -0.4 is 0 Å². The Morgan fingerprint density at radius 3 is 2.56 bits per heavy atom. The Hall–Kier alpha value is -2.74. The fourth-order valence-electron chi connectivity index (χ4n) is 3.11. The molecule has 0 bridgehead atoms. The number of ether oxygens (including phenoxy) is 2. The van der Waals surface area contributed by atoms with E-state index in [4.69, 9.17) is 9.47 Å². The molecular weight excluding hydrogens is 352 g/mol. The normalized spacial score (nSPS) is 16.5. The minimum atomic E-state index is -0.524. The van der Waals surface area contributed by atoms with Crippen LogP contribution in [0.3, 0.4) is 0 Å². The summed E-state index contributed by atoms with van der Waals surface area (Å²) in [4.78, 5) is 51.2. The lowest BCUT2D eigenvalue weighted by Gasteiger charge is -2.26. The topological polar surface area (TPSA) is 93.2 Å². The van der Waals surface area contributed by atoms with E-state index in [1.165, 1.54) is 0 Å². The van der Waals surface area contributed by atoms with Gasteiger partial charge in [-0.05, 0) is 25.5 Å². The zero-order chi connectivity index (χ0) is 19.4. The smallest absolute Gasteiger partial charge is 0.306 e. The fourth-order valence-corrected chi connectivity index (χ4v) is 3.11. The van der Waals surface area contributed by atoms with Gasteiger partial charge in [-0.3, -0.25) is 24.1 Å². The number of hydrogen-bond acceptors (Lipinski definition) is 6. The highest BCUT2D eigenvalue weighted by Crippen LogP contribution is 2.24. The first-order valence-corrected chi connectivity index (χ1v) is 8.95. The molecule has 0 atom stereocenters. The molecule has 0 radical (unpaired) electrons. The van der Waals surface area contributed by atoms with Crippen molar-refractivity contribution in [2.75, 3.05) is 39.5 Å². The maximum absolute atomic E-state index is 12.4. The first kappa shape index (κ1) is 19.0. The molecule has 0 aromatic heterocycles. The van der Waals surface area contributed by atoms with Crippen molar-refractivity contribution in [3.05, 3.63) is 34.9 Å². The maximum Gasteiger partial charge on any atom is 0.306 e. The summed E-state index contributed by atoms with van der Waals surface area (Å²) >= 11 is 0. The number of aryl methyl sites for hydroxylation is 1. The van der Waals surface area contributed by atoms with Crippen LogP contribution in [0.25, 0.3) is 0 Å². The highest BCUT2D eigenvalue weighted by molar-refractivity contribution is 6.21. The van der Waals surface area contributed by atoms with Gasteiger partial charge in [0.05, 0.1) is 24.3 Å². The van der Waals surface area contributed by atoms with Gasteiger partial charge < -0.3 is 14.4 Å². The number of amides is 3. The van der Waals surface area contributed by atoms with Crippen LogP contribution in [0.1, 0.15) is 39.1 Å². The Kier molecular flexibility index (Phi) is 5.85. The van der Waals surface area contributed by atoms with E-state index in [0.717, 1.165) is 10.5 Å². The second-order valence-corrected chi connectivity index (χ2v) is 6.57. The molecule has 2 heterocycles. The van der Waals surface area contributed by atoms with E-state index >= 15 is 0 Å². The minimum Gasteiger partial charge on any atom is -0.456 e. The SMILES string of the molecule is Cc1ccc2c(c1)C(=O)N(CCCC(=O)OCC(=O)N1CCOCC1)C2=O. The molecule has 2 aliphatic heterocycles. The lowest BCUT2D eigenvalue weighted by Crippen LogP contribution is -2.42. The predicted octanol–water partition coefficient (Wildman–Crippen LogP) is 0.773. The Balaban J connectivity index is 1.42. The number of carbonyl (C=O) groups excluding carboxylic acids is 4. The molecule has 0 N–H and O–H groups in total. The summed E-state index contributed by atoms with van der Waals surface area (Å²) in [5.41, 5.74) is 1.70. The number of nitrogens with zero attached hydrogens (tertiary/aromatic N) is 2. The van der Waals surface area contributed by atoms with Crippen molar-refractivity contribution in [3.8, 4) is 0 Å². The summed E-state index contributed by atoms with van der Waals surface area (Å²) in [7, 11) is 0. The number of carbonyl (C=O) groups is 4. The maximum atomic E-state index is 12.4. The van der Waals surface area contributed by atoms with Crippen LogP contribution in [0.5, 0.6) is 0 Å². The van der Waals surface area contributed by atoms with Crippen molar-refractivity contribution in [3.63, 3.8) is 0 Å². The van der Waals surface area contributed by atoms with Crippen LogP contribution in [0.4, 0.5) is 0 Å². The lowest BCUT2D eigenvalue weighted by atomic mass is 10.1. The van der Waals surface area contributed by atoms with Crippen LogP contribution in [0, 0.1) is 6.92 Å². The van der Waals surface area contributed by atoms with E-state index in [1.807, 2.05) is 6.92 Å². The van der Waals surface area contributed by atoms with Gasteiger partial charge in [0.15, 0.2) is 6.61 Å². The molecule has 2 aliphatic rings. The van der Waals surface area contributed by atoms with Gasteiger partial charge in [0, 0.05) is 26.1 Å². The van der Waals surface area contributed by atoms with Gasteiger partial charge in [-0.2, -0.15) is 0 Å². The summed E-state index contributed by atoms with van der Waals surface area (Å²) < 4.78 is 10.2. The largest absolute Gasteiger partial charge is 0.456 e. The Bertz CT molecular complexity index is 769. The zero-order valence-electron chi connectivity index (χ0n) is 15.2. The van der Waals surface area contributed by atoms with E-state index in [0.29, 0.717) is 37.4 Å². The number of fused-ring (bicyclic) bond motifs is 1. The van der Waals surface area contributed by atoms with Gasteiger partial charge in [-0.1, -0.05) is 11.6 Å². The van der Waals surface area contributed by atoms with Gasteiger partial charge in [0.1, 0.15) is 0 Å². The summed E-state index contributed by atoms with van der Waals surface area (Å²) in [6.07, 6.45) is 0.317. The molecule has 8 heteroatoms. The van der Waals surface area contributed by atoms with Gasteiger partial charge in [0.2, 0.25) is 0 Å². The quantitative estimate of drug-likeness (QED) is 0.539. The average molecular weight is 374 g/mol. The van der Waals surface area contributed by atoms with Crippen LogP contribution in [0.15, 0.2) is 18.2 Å². The average Bonchev–Trinajstić information content (AvgIpc) is 2.91. The predicted molar refractivity (Wildman–Crippen MR) is 94.1 cm³/mol.